The number of hydrogen-bond acceptors (Lipinski definition) is 5. The van der Waals surface area contributed by atoms with Gasteiger partial charge >= 0.3 is 0 Å². The molecule has 6 nitrogen and oxygen atoms in total. The quantitative estimate of drug-likeness (QED) is 0.321. The summed E-state index contributed by atoms with van der Waals surface area (Å²) in [5.74, 6) is 0.0132. The molecule has 188 valence electrons. The molecule has 1 saturated heterocycles. The van der Waals surface area contributed by atoms with Crippen LogP contribution in [-0.2, 0) is 22.6 Å². The molecule has 0 spiro atoms. The lowest BCUT2D eigenvalue weighted by molar-refractivity contribution is -0.117. The predicted octanol–water partition coefficient (Wildman–Crippen LogP) is 5.44. The van der Waals surface area contributed by atoms with E-state index in [0.29, 0.717) is 29.5 Å². The maximum atomic E-state index is 13.7. The van der Waals surface area contributed by atoms with Crippen molar-refractivity contribution in [2.24, 2.45) is 0 Å². The average molecular weight is 512 g/mol. The van der Waals surface area contributed by atoms with Crippen LogP contribution < -0.4 is 15.0 Å². The van der Waals surface area contributed by atoms with E-state index in [-0.39, 0.29) is 18.0 Å². The summed E-state index contributed by atoms with van der Waals surface area (Å²) < 4.78 is 5.54. The number of aryl methyl sites for hydroxylation is 2. The van der Waals surface area contributed by atoms with Gasteiger partial charge in [-0.25, -0.2) is 0 Å². The van der Waals surface area contributed by atoms with Crippen molar-refractivity contribution >= 4 is 29.3 Å². The van der Waals surface area contributed by atoms with Crippen LogP contribution in [0.3, 0.4) is 0 Å². The first kappa shape index (κ1) is 26.1. The Morgan fingerprint density at radius 3 is 2.41 bits per heavy atom. The Balaban J connectivity index is 1.67. The first-order valence-corrected chi connectivity index (χ1v) is 13.0. The van der Waals surface area contributed by atoms with Gasteiger partial charge in [-0.15, -0.1) is 0 Å². The van der Waals surface area contributed by atoms with E-state index in [2.05, 4.69) is 24.4 Å². The SMILES string of the molecule is CCOc1ccc(N2C(=O)C(Cc3ccc(C)c(C)c3)S/C2=C(/C#N)C(=O)NCc2ccccc2)cc1. The third-order valence-corrected chi connectivity index (χ3v) is 7.46. The number of thioether (sulfide) groups is 1. The minimum Gasteiger partial charge on any atom is -0.494 e. The molecule has 4 rings (SSSR count). The Morgan fingerprint density at radius 2 is 1.76 bits per heavy atom. The van der Waals surface area contributed by atoms with Crippen LogP contribution in [0.25, 0.3) is 0 Å². The van der Waals surface area contributed by atoms with Gasteiger partial charge in [0.2, 0.25) is 5.91 Å². The van der Waals surface area contributed by atoms with Gasteiger partial charge in [-0.1, -0.05) is 60.3 Å². The molecular weight excluding hydrogens is 482 g/mol. The van der Waals surface area contributed by atoms with Crippen LogP contribution in [0, 0.1) is 25.2 Å². The van der Waals surface area contributed by atoms with Gasteiger partial charge in [0.15, 0.2) is 0 Å². The van der Waals surface area contributed by atoms with E-state index in [0.717, 1.165) is 16.7 Å². The van der Waals surface area contributed by atoms with E-state index in [1.54, 1.807) is 24.3 Å². The van der Waals surface area contributed by atoms with Gasteiger partial charge in [0.1, 0.15) is 22.4 Å². The zero-order valence-corrected chi connectivity index (χ0v) is 22.0. The van der Waals surface area contributed by atoms with Crippen LogP contribution in [0.1, 0.15) is 29.2 Å². The van der Waals surface area contributed by atoms with E-state index in [1.807, 2.05) is 56.3 Å². The summed E-state index contributed by atoms with van der Waals surface area (Å²) >= 11 is 1.27. The van der Waals surface area contributed by atoms with E-state index in [9.17, 15) is 14.9 Å². The second-order valence-corrected chi connectivity index (χ2v) is 9.98. The molecule has 0 saturated carbocycles. The number of nitriles is 1. The monoisotopic (exact) mass is 511 g/mol. The maximum Gasteiger partial charge on any atom is 0.264 e. The number of carbonyl (C=O) groups is 2. The fraction of sp³-hybridized carbons (Fsp3) is 0.233. The highest BCUT2D eigenvalue weighted by Gasteiger charge is 2.40. The molecule has 7 heteroatoms. The van der Waals surface area contributed by atoms with E-state index in [4.69, 9.17) is 4.74 Å². The van der Waals surface area contributed by atoms with Crippen molar-refractivity contribution in [1.82, 2.24) is 5.32 Å². The molecule has 3 aromatic rings. The highest BCUT2D eigenvalue weighted by molar-refractivity contribution is 8.05. The summed E-state index contributed by atoms with van der Waals surface area (Å²) in [5.41, 5.74) is 4.81. The fourth-order valence-corrected chi connectivity index (χ4v) is 5.40. The molecule has 1 fully saturated rings. The Bertz CT molecular complexity index is 1360. The standard InChI is InChI=1S/C30H29N3O3S/c1-4-36-25-14-12-24(13-15-25)33-29(35)27(17-23-11-10-20(2)21(3)16-23)37-30(33)26(18-31)28(34)32-19-22-8-6-5-7-9-22/h5-16,27H,4,17,19H2,1-3H3,(H,32,34)/b30-26-. The Kier molecular flexibility index (Phi) is 8.32. The predicted molar refractivity (Wildman–Crippen MR) is 147 cm³/mol. The summed E-state index contributed by atoms with van der Waals surface area (Å²) in [6, 6.07) is 24.8. The number of anilines is 1. The smallest absolute Gasteiger partial charge is 0.264 e. The highest BCUT2D eigenvalue weighted by Crippen LogP contribution is 2.42. The molecule has 3 aromatic carbocycles. The van der Waals surface area contributed by atoms with Gasteiger partial charge in [0.05, 0.1) is 11.9 Å². The van der Waals surface area contributed by atoms with E-state index in [1.165, 1.54) is 22.2 Å². The van der Waals surface area contributed by atoms with Crippen molar-refractivity contribution in [3.63, 3.8) is 0 Å². The third-order valence-electron chi connectivity index (χ3n) is 6.20. The number of carbonyl (C=O) groups excluding carboxylic acids is 2. The van der Waals surface area contributed by atoms with Gasteiger partial charge in [0, 0.05) is 12.2 Å². The first-order valence-electron chi connectivity index (χ1n) is 12.2. The molecule has 0 aromatic heterocycles. The van der Waals surface area contributed by atoms with Crippen molar-refractivity contribution in [3.8, 4) is 11.8 Å². The van der Waals surface area contributed by atoms with Crippen molar-refractivity contribution in [2.75, 3.05) is 11.5 Å². The van der Waals surface area contributed by atoms with Gasteiger partial charge in [-0.05, 0) is 73.7 Å². The largest absolute Gasteiger partial charge is 0.494 e. The first-order chi connectivity index (χ1) is 17.9. The van der Waals surface area contributed by atoms with Crippen molar-refractivity contribution < 1.29 is 14.3 Å². The summed E-state index contributed by atoms with van der Waals surface area (Å²) in [5, 5.41) is 12.7. The number of nitrogens with one attached hydrogen (secondary N) is 1. The fourth-order valence-electron chi connectivity index (χ4n) is 4.09. The van der Waals surface area contributed by atoms with Gasteiger partial charge in [-0.3, -0.25) is 14.5 Å². The van der Waals surface area contributed by atoms with Crippen molar-refractivity contribution in [2.45, 2.75) is 39.0 Å². The minimum absolute atomic E-state index is 0.0780. The average Bonchev–Trinajstić information content (AvgIpc) is 3.22. The number of rotatable bonds is 8. The molecule has 1 heterocycles. The number of hydrogen-bond donors (Lipinski definition) is 1. The Hall–Kier alpha value is -4.02. The van der Waals surface area contributed by atoms with Crippen LogP contribution in [0.5, 0.6) is 5.75 Å². The lowest BCUT2D eigenvalue weighted by atomic mass is 10.0. The van der Waals surface area contributed by atoms with Crippen molar-refractivity contribution in [3.05, 3.63) is 106 Å². The van der Waals surface area contributed by atoms with Crippen LogP contribution in [0.15, 0.2) is 83.4 Å². The third kappa shape index (κ3) is 6.04. The lowest BCUT2D eigenvalue weighted by Crippen LogP contribution is -2.32. The second kappa shape index (κ2) is 11.8. The highest BCUT2D eigenvalue weighted by atomic mass is 32.2. The molecule has 2 amide bonds. The molecule has 1 aliphatic heterocycles. The molecule has 1 aliphatic rings. The lowest BCUT2D eigenvalue weighted by Gasteiger charge is -2.19. The molecule has 0 aliphatic carbocycles. The van der Waals surface area contributed by atoms with Crippen LogP contribution in [0.4, 0.5) is 5.69 Å². The molecular formula is C30H29N3O3S. The number of benzene rings is 3. The number of ether oxygens (including phenoxy) is 1. The van der Waals surface area contributed by atoms with Crippen molar-refractivity contribution in [1.29, 1.82) is 5.26 Å². The maximum absolute atomic E-state index is 13.7. The zero-order chi connectivity index (χ0) is 26.4. The van der Waals surface area contributed by atoms with Gasteiger partial charge in [0.25, 0.3) is 5.91 Å². The van der Waals surface area contributed by atoms with Gasteiger partial charge < -0.3 is 10.1 Å². The summed E-state index contributed by atoms with van der Waals surface area (Å²) in [7, 11) is 0. The van der Waals surface area contributed by atoms with Gasteiger partial charge in [-0.2, -0.15) is 5.26 Å². The van der Waals surface area contributed by atoms with E-state index >= 15 is 0 Å². The van der Waals surface area contributed by atoms with Crippen LogP contribution >= 0.6 is 11.8 Å². The minimum atomic E-state index is -0.510. The molecule has 0 bridgehead atoms. The Morgan fingerprint density at radius 1 is 1.03 bits per heavy atom. The number of amides is 2. The van der Waals surface area contributed by atoms with Crippen LogP contribution in [-0.4, -0.2) is 23.7 Å². The molecule has 1 atom stereocenters. The zero-order valence-electron chi connectivity index (χ0n) is 21.2. The second-order valence-electron chi connectivity index (χ2n) is 8.79. The van der Waals surface area contributed by atoms with Crippen LogP contribution in [0.2, 0.25) is 0 Å². The Labute approximate surface area is 221 Å². The number of nitrogens with zero attached hydrogens (tertiary/aromatic N) is 2. The normalized spacial score (nSPS) is 16.3. The molecule has 1 N–H and O–H groups in total. The topological polar surface area (TPSA) is 82.4 Å². The summed E-state index contributed by atoms with van der Waals surface area (Å²) in [6.07, 6.45) is 0.492. The summed E-state index contributed by atoms with van der Waals surface area (Å²) in [6.45, 7) is 6.81. The summed E-state index contributed by atoms with van der Waals surface area (Å²) in [4.78, 5) is 28.3. The van der Waals surface area contributed by atoms with E-state index < -0.39 is 11.2 Å². The molecule has 0 radical (unpaired) electrons. The molecule has 1 unspecified atom stereocenters. The molecule has 37 heavy (non-hydrogen) atoms.